The molecule has 1 saturated heterocycles. The molecule has 2 heterocycles. The molecule has 7 nitrogen and oxygen atoms in total. The van der Waals surface area contributed by atoms with Gasteiger partial charge in [-0.25, -0.2) is 22.0 Å². The molecule has 1 amide bonds. The Morgan fingerprint density at radius 3 is 2.49 bits per heavy atom. The highest BCUT2D eigenvalue weighted by molar-refractivity contribution is 7.92. The van der Waals surface area contributed by atoms with Gasteiger partial charge in [0.15, 0.2) is 9.84 Å². The zero-order valence-electron chi connectivity index (χ0n) is 21.8. The lowest BCUT2D eigenvalue weighted by molar-refractivity contribution is -0.0627. The van der Waals surface area contributed by atoms with Crippen LogP contribution in [0.5, 0.6) is 0 Å². The third kappa shape index (κ3) is 6.13. The molecule has 0 saturated carbocycles. The quantitative estimate of drug-likeness (QED) is 0.586. The van der Waals surface area contributed by atoms with Gasteiger partial charge in [-0.1, -0.05) is 6.07 Å². The first-order valence-electron chi connectivity index (χ1n) is 12.4. The van der Waals surface area contributed by atoms with Gasteiger partial charge in [0.25, 0.3) is 0 Å². The molecule has 2 aromatic carbocycles. The van der Waals surface area contributed by atoms with Crippen molar-refractivity contribution >= 4 is 15.9 Å². The number of sulfone groups is 1. The minimum absolute atomic E-state index is 0.0350. The number of amides is 1. The molecule has 1 N–H and O–H groups in total. The summed E-state index contributed by atoms with van der Waals surface area (Å²) in [5, 5.41) is 2.29. The Kier molecular flexibility index (Phi) is 7.65. The second-order valence-electron chi connectivity index (χ2n) is 11.0. The van der Waals surface area contributed by atoms with Gasteiger partial charge in [-0.05, 0) is 82.5 Å². The Morgan fingerprint density at radius 1 is 1.11 bits per heavy atom. The Hall–Kier alpha value is -2.56. The van der Waals surface area contributed by atoms with Gasteiger partial charge < -0.3 is 14.8 Å². The summed E-state index contributed by atoms with van der Waals surface area (Å²) in [6, 6.07) is 7.57. The predicted octanol–water partition coefficient (Wildman–Crippen LogP) is 4.89. The minimum Gasteiger partial charge on any atom is -0.444 e. The molecule has 0 unspecified atom stereocenters. The first-order valence-corrected chi connectivity index (χ1v) is 13.9. The summed E-state index contributed by atoms with van der Waals surface area (Å²) < 4.78 is 65.4. The molecule has 0 radical (unpaired) electrons. The van der Waals surface area contributed by atoms with E-state index in [0.717, 1.165) is 29.3 Å². The first kappa shape index (κ1) is 27.5. The van der Waals surface area contributed by atoms with Crippen LogP contribution in [0.2, 0.25) is 0 Å². The Morgan fingerprint density at radius 2 is 1.81 bits per heavy atom. The van der Waals surface area contributed by atoms with Crippen LogP contribution in [0.15, 0.2) is 41.3 Å². The number of nitrogens with zero attached hydrogens (tertiary/aromatic N) is 1. The lowest BCUT2D eigenvalue weighted by atomic mass is 9.92. The van der Waals surface area contributed by atoms with Crippen LogP contribution in [-0.2, 0) is 32.4 Å². The van der Waals surface area contributed by atoms with Crippen LogP contribution in [0.4, 0.5) is 13.6 Å². The number of ether oxygens (including phenoxy) is 2. The molecule has 0 bridgehead atoms. The summed E-state index contributed by atoms with van der Waals surface area (Å²) in [5.41, 5.74) is 1.26. The number of carbonyl (C=O) groups is 1. The zero-order chi connectivity index (χ0) is 27.1. The Bertz CT molecular complexity index is 1280. The second-order valence-corrected chi connectivity index (χ2v) is 13.5. The van der Waals surface area contributed by atoms with Crippen LogP contribution in [0.1, 0.15) is 63.8 Å². The fourth-order valence-corrected chi connectivity index (χ4v) is 5.92. The van der Waals surface area contributed by atoms with E-state index in [1.165, 1.54) is 0 Å². The number of benzene rings is 2. The highest BCUT2D eigenvalue weighted by Gasteiger charge is 2.39. The molecule has 202 valence electrons. The van der Waals surface area contributed by atoms with E-state index in [1.54, 1.807) is 46.8 Å². The standard InChI is InChI=1S/C27H34F2N2O5S/c1-16(2)37(33,34)21-8-6-17-13-31(14-18(17)10-21)20-12-24(30-26(32)36-27(3,4)5)25(35-15-20)22-11-19(28)7-9-23(22)29/h6-11,16,20,24-25H,12-15H2,1-5H3,(H,30,32)/t20-,24+,25-/m1/s1. The molecular formula is C27H34F2N2O5S. The van der Waals surface area contributed by atoms with Gasteiger partial charge in [-0.3, -0.25) is 4.90 Å². The largest absolute Gasteiger partial charge is 0.444 e. The van der Waals surface area contributed by atoms with Crippen molar-refractivity contribution in [3.63, 3.8) is 0 Å². The summed E-state index contributed by atoms with van der Waals surface area (Å²) in [7, 11) is -3.39. The fourth-order valence-electron chi connectivity index (χ4n) is 4.81. The van der Waals surface area contributed by atoms with Crippen LogP contribution in [0.3, 0.4) is 0 Å². The SMILES string of the molecule is CC(C)S(=O)(=O)c1ccc2c(c1)CN([C@H]1CO[C@H](c3cc(F)ccc3F)[C@@H](NC(=O)OC(C)(C)C)C1)C2. The molecule has 3 atom stereocenters. The molecule has 2 aliphatic rings. The van der Waals surface area contributed by atoms with Gasteiger partial charge >= 0.3 is 6.09 Å². The van der Waals surface area contributed by atoms with E-state index in [9.17, 15) is 22.0 Å². The molecule has 2 aliphatic heterocycles. The van der Waals surface area contributed by atoms with Crippen LogP contribution in [0, 0.1) is 11.6 Å². The van der Waals surface area contributed by atoms with E-state index < -0.39 is 50.6 Å². The topological polar surface area (TPSA) is 84.9 Å². The molecule has 2 aromatic rings. The highest BCUT2D eigenvalue weighted by atomic mass is 32.2. The molecule has 4 rings (SSSR count). The van der Waals surface area contributed by atoms with Gasteiger partial charge in [-0.15, -0.1) is 0 Å². The zero-order valence-corrected chi connectivity index (χ0v) is 22.6. The summed E-state index contributed by atoms with van der Waals surface area (Å²) in [5.74, 6) is -1.21. The number of carbonyl (C=O) groups excluding carboxylic acids is 1. The summed E-state index contributed by atoms with van der Waals surface area (Å²) in [4.78, 5) is 15.1. The first-order chi connectivity index (χ1) is 17.2. The maximum absolute atomic E-state index is 14.7. The summed E-state index contributed by atoms with van der Waals surface area (Å²) in [6.45, 7) is 9.88. The monoisotopic (exact) mass is 536 g/mol. The van der Waals surface area contributed by atoms with Crippen molar-refractivity contribution in [3.8, 4) is 0 Å². The van der Waals surface area contributed by atoms with E-state index in [4.69, 9.17) is 9.47 Å². The van der Waals surface area contributed by atoms with Gasteiger partial charge in [-0.2, -0.15) is 0 Å². The van der Waals surface area contributed by atoms with Gasteiger partial charge in [0.1, 0.15) is 23.3 Å². The average Bonchev–Trinajstić information content (AvgIpc) is 3.23. The smallest absolute Gasteiger partial charge is 0.407 e. The van der Waals surface area contributed by atoms with Crippen molar-refractivity contribution in [2.45, 2.75) is 88.1 Å². The number of halogens is 2. The number of hydrogen-bond acceptors (Lipinski definition) is 6. The van der Waals surface area contributed by atoms with Crippen LogP contribution >= 0.6 is 0 Å². The van der Waals surface area contributed by atoms with Crippen LogP contribution in [-0.4, -0.2) is 49.0 Å². The van der Waals surface area contributed by atoms with E-state index >= 15 is 0 Å². The van der Waals surface area contributed by atoms with Crippen LogP contribution < -0.4 is 5.32 Å². The third-order valence-corrected chi connectivity index (χ3v) is 8.87. The Balaban J connectivity index is 1.55. The van der Waals surface area contributed by atoms with Crippen LogP contribution in [0.25, 0.3) is 0 Å². The predicted molar refractivity (Wildman–Crippen MR) is 135 cm³/mol. The number of hydrogen-bond donors (Lipinski definition) is 1. The summed E-state index contributed by atoms with van der Waals surface area (Å²) >= 11 is 0. The maximum Gasteiger partial charge on any atom is 0.407 e. The number of nitrogens with one attached hydrogen (secondary N) is 1. The normalized spacial score (nSPS) is 22.6. The van der Waals surface area contributed by atoms with E-state index in [1.807, 2.05) is 6.07 Å². The highest BCUT2D eigenvalue weighted by Crippen LogP contribution is 2.36. The molecule has 0 spiro atoms. The molecule has 1 fully saturated rings. The average molecular weight is 537 g/mol. The van der Waals surface area contributed by atoms with Crippen molar-refractivity contribution in [1.29, 1.82) is 0 Å². The Labute approximate surface area is 217 Å². The lowest BCUT2D eigenvalue weighted by Gasteiger charge is -2.40. The lowest BCUT2D eigenvalue weighted by Crippen LogP contribution is -2.52. The van der Waals surface area contributed by atoms with Crippen molar-refractivity contribution in [3.05, 3.63) is 64.7 Å². The summed E-state index contributed by atoms with van der Waals surface area (Å²) in [6.07, 6.45) is -1.16. The van der Waals surface area contributed by atoms with Gasteiger partial charge in [0, 0.05) is 24.7 Å². The fraction of sp³-hybridized carbons (Fsp3) is 0.519. The van der Waals surface area contributed by atoms with Crippen molar-refractivity contribution < 1.29 is 31.5 Å². The molecule has 37 heavy (non-hydrogen) atoms. The van der Waals surface area contributed by atoms with E-state index in [-0.39, 0.29) is 18.2 Å². The van der Waals surface area contributed by atoms with E-state index in [2.05, 4.69) is 10.2 Å². The molecule has 10 heteroatoms. The van der Waals surface area contributed by atoms with Crippen molar-refractivity contribution in [1.82, 2.24) is 10.2 Å². The molecule has 0 aliphatic carbocycles. The van der Waals surface area contributed by atoms with Crippen molar-refractivity contribution in [2.75, 3.05) is 6.61 Å². The molecule has 0 aromatic heterocycles. The number of rotatable bonds is 5. The van der Waals surface area contributed by atoms with Gasteiger partial charge in [0.2, 0.25) is 0 Å². The molecular weight excluding hydrogens is 502 g/mol. The van der Waals surface area contributed by atoms with Gasteiger partial charge in [0.05, 0.1) is 22.8 Å². The van der Waals surface area contributed by atoms with E-state index in [0.29, 0.717) is 24.4 Å². The number of fused-ring (bicyclic) bond motifs is 1. The number of alkyl carbamates (subject to hydrolysis) is 1. The van der Waals surface area contributed by atoms with Crippen molar-refractivity contribution in [2.24, 2.45) is 0 Å². The third-order valence-electron chi connectivity index (χ3n) is 6.72. The minimum atomic E-state index is -3.39. The second kappa shape index (κ2) is 10.3. The maximum atomic E-state index is 14.7.